The van der Waals surface area contributed by atoms with Crippen molar-refractivity contribution in [3.05, 3.63) is 134 Å². The van der Waals surface area contributed by atoms with E-state index in [-0.39, 0.29) is 17.4 Å². The number of nitrogens with one attached hydrogen (secondary N) is 1. The number of hydrogen-bond donors (Lipinski definition) is 1. The maximum absolute atomic E-state index is 15.3. The van der Waals surface area contributed by atoms with Crippen molar-refractivity contribution in [3.8, 4) is 22.6 Å². The number of aromatic nitrogens is 9. The summed E-state index contributed by atoms with van der Waals surface area (Å²) in [7, 11) is 1.87. The van der Waals surface area contributed by atoms with Crippen LogP contribution in [-0.4, -0.2) is 74.0 Å². The van der Waals surface area contributed by atoms with E-state index in [4.69, 9.17) is 14.4 Å². The van der Waals surface area contributed by atoms with E-state index in [1.165, 1.54) is 5.56 Å². The van der Waals surface area contributed by atoms with E-state index in [9.17, 15) is 9.59 Å². The number of aryl methyl sites for hydroxylation is 3. The topological polar surface area (TPSA) is 156 Å². The fourth-order valence-electron chi connectivity index (χ4n) is 9.83. The summed E-state index contributed by atoms with van der Waals surface area (Å²) in [5.41, 5.74) is 6.29. The number of carbonyl (C=O) groups is 1. The van der Waals surface area contributed by atoms with Gasteiger partial charge in [0, 0.05) is 61.1 Å². The molecule has 310 valence electrons. The first-order valence-corrected chi connectivity index (χ1v) is 20.7. The molecule has 2 fully saturated rings. The van der Waals surface area contributed by atoms with Gasteiger partial charge in [-0.2, -0.15) is 10.2 Å². The Bertz CT molecular complexity index is 3180. The number of imidazole rings is 1. The molecule has 0 bridgehead atoms. The minimum absolute atomic E-state index is 0.212. The highest BCUT2D eigenvalue weighted by molar-refractivity contribution is 6.00. The van der Waals surface area contributed by atoms with Gasteiger partial charge in [-0.25, -0.2) is 14.0 Å². The Hall–Kier alpha value is -6.81. The number of ether oxygens (including phenoxy) is 1. The Labute approximate surface area is 347 Å². The van der Waals surface area contributed by atoms with E-state index in [2.05, 4.69) is 33.4 Å². The molecule has 1 amide bonds. The van der Waals surface area contributed by atoms with Crippen molar-refractivity contribution in [2.45, 2.75) is 70.5 Å². The summed E-state index contributed by atoms with van der Waals surface area (Å²) >= 11 is 0. The number of amides is 1. The number of aromatic amines is 1. The summed E-state index contributed by atoms with van der Waals surface area (Å²) in [5.74, 6) is -0.432. The van der Waals surface area contributed by atoms with Crippen LogP contribution < -0.4 is 11.4 Å². The maximum Gasteiger partial charge on any atom is 0.438 e. The molecule has 1 N–H and O–H groups in total. The summed E-state index contributed by atoms with van der Waals surface area (Å²) in [6, 6.07) is 17.0. The molecule has 11 rings (SSSR count). The van der Waals surface area contributed by atoms with Crippen molar-refractivity contribution >= 4 is 27.7 Å². The molecule has 1 aliphatic carbocycles. The van der Waals surface area contributed by atoms with Crippen molar-refractivity contribution in [2.24, 2.45) is 7.05 Å². The molecule has 16 heteroatoms. The van der Waals surface area contributed by atoms with Gasteiger partial charge in [-0.05, 0) is 118 Å². The molecule has 8 aromatic rings. The van der Waals surface area contributed by atoms with E-state index in [1.807, 2.05) is 52.4 Å². The molecular formula is C45H43FN10O5. The Morgan fingerprint density at radius 2 is 1.67 bits per heavy atom. The maximum atomic E-state index is 15.3. The number of nitrogens with zero attached hydrogens (tertiary/aromatic N) is 9. The van der Waals surface area contributed by atoms with E-state index in [0.29, 0.717) is 96.0 Å². The molecule has 3 aliphatic rings. The fourth-order valence-corrected chi connectivity index (χ4v) is 9.83. The SMILES string of the molecule is Cc1cc(-c2nn3c(c2-n2ccn(-c4ccc5c(cnn5C)c4)c2=O)C(C)N(C(=O)c2cc4cc(C5CCOCC5)ccc4n2C2(c4noc(=O)[nH]4)CC2)CC3)cc(C)c1F. The summed E-state index contributed by atoms with van der Waals surface area (Å²) in [6.45, 7) is 7.49. The zero-order valence-corrected chi connectivity index (χ0v) is 34.2. The van der Waals surface area contributed by atoms with E-state index < -0.39 is 17.3 Å². The largest absolute Gasteiger partial charge is 0.438 e. The minimum atomic E-state index is -0.772. The van der Waals surface area contributed by atoms with Gasteiger partial charge < -0.3 is 14.2 Å². The van der Waals surface area contributed by atoms with Crippen LogP contribution in [-0.2, 0) is 23.9 Å². The molecule has 1 unspecified atom stereocenters. The standard InChI is InChI=1S/C45H43FN10O5/c1-25-19-31(20-26(2)37(25)46)38-40(54-14-13-53(44(54)59)33-6-8-34-32(22-33)24-47-51(34)4)39-27(3)52(15-16-55(39)49-38)41(57)36-23-30-21-29(28-9-17-60-18-10-28)5-7-35(30)56(36)45(11-12-45)42-48-43(58)61-50-42/h5-8,13-14,19-24,27-28H,9-12,15-18H2,1-4H3,(H,48,50,58). The molecule has 1 saturated carbocycles. The third-order valence-electron chi connectivity index (χ3n) is 13.1. The predicted molar refractivity (Wildman–Crippen MR) is 224 cm³/mol. The smallest absolute Gasteiger partial charge is 0.381 e. The van der Waals surface area contributed by atoms with Gasteiger partial charge in [-0.3, -0.25) is 32.8 Å². The molecule has 5 aromatic heterocycles. The van der Waals surface area contributed by atoms with Crippen molar-refractivity contribution in [1.82, 2.24) is 48.3 Å². The van der Waals surface area contributed by atoms with Gasteiger partial charge in [0.25, 0.3) is 5.91 Å². The van der Waals surface area contributed by atoms with E-state index >= 15 is 9.18 Å². The Morgan fingerprint density at radius 3 is 2.41 bits per heavy atom. The highest BCUT2D eigenvalue weighted by Crippen LogP contribution is 2.51. The van der Waals surface area contributed by atoms with Crippen LogP contribution in [0.15, 0.2) is 87.3 Å². The molecule has 15 nitrogen and oxygen atoms in total. The zero-order chi connectivity index (χ0) is 41.9. The van der Waals surface area contributed by atoms with E-state index in [1.54, 1.807) is 58.4 Å². The summed E-state index contributed by atoms with van der Waals surface area (Å²) in [4.78, 5) is 46.9. The van der Waals surface area contributed by atoms with Crippen LogP contribution in [0.2, 0.25) is 0 Å². The number of H-pyrrole nitrogens is 1. The summed E-state index contributed by atoms with van der Waals surface area (Å²) < 4.78 is 34.6. The van der Waals surface area contributed by atoms with Gasteiger partial charge in [0.05, 0.1) is 35.7 Å². The summed E-state index contributed by atoms with van der Waals surface area (Å²) in [5, 5.41) is 15.4. The van der Waals surface area contributed by atoms with Crippen molar-refractivity contribution in [1.29, 1.82) is 0 Å². The Morgan fingerprint density at radius 1 is 0.918 bits per heavy atom. The van der Waals surface area contributed by atoms with Crippen molar-refractivity contribution in [3.63, 3.8) is 0 Å². The number of rotatable bonds is 7. The highest BCUT2D eigenvalue weighted by atomic mass is 19.1. The fraction of sp³-hybridized carbons (Fsp3) is 0.333. The van der Waals surface area contributed by atoms with Crippen LogP contribution in [0.1, 0.15) is 83.3 Å². The quantitative estimate of drug-likeness (QED) is 0.193. The average molecular weight is 823 g/mol. The first kappa shape index (κ1) is 37.2. The highest BCUT2D eigenvalue weighted by Gasteiger charge is 2.52. The second-order valence-corrected chi connectivity index (χ2v) is 16.8. The average Bonchev–Trinajstić information content (AvgIpc) is 3.72. The molecule has 3 aromatic carbocycles. The lowest BCUT2D eigenvalue weighted by molar-refractivity contribution is 0.0623. The number of benzene rings is 3. The second kappa shape index (κ2) is 13.6. The molecular weight excluding hydrogens is 780 g/mol. The number of carbonyl (C=O) groups excluding carboxylic acids is 1. The lowest BCUT2D eigenvalue weighted by Crippen LogP contribution is -2.43. The normalized spacial score (nSPS) is 17.7. The molecule has 1 atom stereocenters. The van der Waals surface area contributed by atoms with Gasteiger partial charge in [0.2, 0.25) is 0 Å². The lowest BCUT2D eigenvalue weighted by atomic mass is 9.91. The molecule has 61 heavy (non-hydrogen) atoms. The van der Waals surface area contributed by atoms with Crippen molar-refractivity contribution < 1.29 is 18.4 Å². The Kier molecular flexibility index (Phi) is 8.30. The van der Waals surface area contributed by atoms with Gasteiger partial charge in [-0.1, -0.05) is 11.2 Å². The van der Waals surface area contributed by atoms with Crippen LogP contribution >= 0.6 is 0 Å². The van der Waals surface area contributed by atoms with Crippen LogP contribution in [0.25, 0.3) is 44.4 Å². The molecule has 0 spiro atoms. The van der Waals surface area contributed by atoms with Gasteiger partial charge in [0.1, 0.15) is 28.4 Å². The molecule has 2 aliphatic heterocycles. The van der Waals surface area contributed by atoms with Crippen LogP contribution in [0.3, 0.4) is 0 Å². The second-order valence-electron chi connectivity index (χ2n) is 16.8. The van der Waals surface area contributed by atoms with Crippen LogP contribution in [0.5, 0.6) is 0 Å². The van der Waals surface area contributed by atoms with Gasteiger partial charge >= 0.3 is 11.4 Å². The number of fused-ring (bicyclic) bond motifs is 3. The number of halogens is 1. The third-order valence-corrected chi connectivity index (χ3v) is 13.1. The molecule has 1 saturated heterocycles. The lowest BCUT2D eigenvalue weighted by Gasteiger charge is -2.35. The predicted octanol–water partition coefficient (Wildman–Crippen LogP) is 6.41. The summed E-state index contributed by atoms with van der Waals surface area (Å²) in [6.07, 6.45) is 8.37. The van der Waals surface area contributed by atoms with Gasteiger partial charge in [0.15, 0.2) is 5.82 Å². The molecule has 7 heterocycles. The Balaban J connectivity index is 1.05. The van der Waals surface area contributed by atoms with Gasteiger partial charge in [-0.15, -0.1) is 0 Å². The third kappa shape index (κ3) is 5.71. The number of hydrogen-bond acceptors (Lipinski definition) is 8. The molecule has 0 radical (unpaired) electrons. The van der Waals surface area contributed by atoms with Crippen LogP contribution in [0, 0.1) is 19.7 Å². The minimum Gasteiger partial charge on any atom is -0.381 e. The zero-order valence-electron chi connectivity index (χ0n) is 34.2. The first-order valence-electron chi connectivity index (χ1n) is 20.7. The monoisotopic (exact) mass is 822 g/mol. The van der Waals surface area contributed by atoms with Crippen LogP contribution in [0.4, 0.5) is 4.39 Å². The first-order chi connectivity index (χ1) is 29.5. The van der Waals surface area contributed by atoms with E-state index in [0.717, 1.165) is 34.6 Å². The van der Waals surface area contributed by atoms with Crippen molar-refractivity contribution in [2.75, 3.05) is 19.8 Å².